The molecule has 0 unspecified atom stereocenters. The van der Waals surface area contributed by atoms with E-state index in [9.17, 15) is 14.4 Å². The van der Waals surface area contributed by atoms with E-state index >= 15 is 0 Å². The number of ether oxygens (including phenoxy) is 1. The molecule has 0 radical (unpaired) electrons. The van der Waals surface area contributed by atoms with Crippen molar-refractivity contribution in [3.05, 3.63) is 0 Å². The molecule has 6 heteroatoms. The lowest BCUT2D eigenvalue weighted by atomic mass is 9.83. The summed E-state index contributed by atoms with van der Waals surface area (Å²) in [5.74, 6) is 0.478. The molecule has 0 aliphatic heterocycles. The summed E-state index contributed by atoms with van der Waals surface area (Å²) in [4.78, 5) is 35.0. The van der Waals surface area contributed by atoms with Crippen molar-refractivity contribution in [1.29, 1.82) is 0 Å². The minimum atomic E-state index is -0.0477. The summed E-state index contributed by atoms with van der Waals surface area (Å²) in [6.07, 6.45) is 5.38. The van der Waals surface area contributed by atoms with Gasteiger partial charge in [-0.3, -0.25) is 14.4 Å². The second kappa shape index (κ2) is 14.9. The van der Waals surface area contributed by atoms with Crippen LogP contribution in [-0.4, -0.2) is 43.9 Å². The Morgan fingerprint density at radius 1 is 1.04 bits per heavy atom. The monoisotopic (exact) mass is 360 g/mol. The van der Waals surface area contributed by atoms with Gasteiger partial charge in [-0.1, -0.05) is 20.8 Å². The number of rotatable bonds is 10. The molecule has 2 amide bonds. The Labute approximate surface area is 155 Å². The maximum Gasteiger partial charge on any atom is 0.220 e. The molecule has 0 heterocycles. The van der Waals surface area contributed by atoms with Crippen LogP contribution >= 0.6 is 0 Å². The summed E-state index contributed by atoms with van der Waals surface area (Å²) in [7, 11) is 1.59. The minimum Gasteiger partial charge on any atom is -0.383 e. The van der Waals surface area contributed by atoms with Gasteiger partial charge in [0, 0.05) is 47.7 Å². The molecule has 0 aromatic heterocycles. The summed E-state index contributed by atoms with van der Waals surface area (Å²) >= 11 is 0. The van der Waals surface area contributed by atoms with Crippen LogP contribution in [0.1, 0.15) is 75.0 Å². The fourth-order valence-electron chi connectivity index (χ4n) is 2.94. The third kappa shape index (κ3) is 10.9. The van der Waals surface area contributed by atoms with Gasteiger partial charge >= 0.3 is 0 Å². The van der Waals surface area contributed by atoms with Crippen molar-refractivity contribution in [3.63, 3.8) is 0 Å². The van der Waals surface area contributed by atoms with E-state index in [4.69, 9.17) is 4.74 Å². The van der Waals surface area contributed by atoms with E-state index in [1.807, 2.05) is 20.8 Å². The largest absolute Gasteiger partial charge is 0.383 e. The summed E-state index contributed by atoms with van der Waals surface area (Å²) in [5, 5.41) is 5.75. The standard InChI is InChI=1S/C17H30N2O4.C2H6.2H2/c1-3-15(20)13-7-9-14(10-8-13)19-17(22)6-4-5-16(21)18-11-12-23-2;1-2;;/h13-14H,3-12H2,1-2H3,(H,18,21)(H,19,22);1-2H3;2*1H. The number of Topliss-reactive ketones (excluding diaryl/α,β-unsaturated/α-hetero) is 1. The van der Waals surface area contributed by atoms with Crippen molar-refractivity contribution in [3.8, 4) is 0 Å². The smallest absolute Gasteiger partial charge is 0.220 e. The second-order valence-corrected chi connectivity index (χ2v) is 6.13. The highest BCUT2D eigenvalue weighted by Gasteiger charge is 2.25. The van der Waals surface area contributed by atoms with E-state index in [0.717, 1.165) is 25.7 Å². The minimum absolute atomic E-state index is 0. The Bertz CT molecular complexity index is 401. The lowest BCUT2D eigenvalue weighted by molar-refractivity contribution is -0.123. The zero-order valence-electron chi connectivity index (χ0n) is 16.4. The predicted octanol–water partition coefficient (Wildman–Crippen LogP) is 3.09. The summed E-state index contributed by atoms with van der Waals surface area (Å²) < 4.78 is 4.85. The first kappa shape index (κ1) is 23.6. The number of carbonyl (C=O) groups is 3. The quantitative estimate of drug-likeness (QED) is 0.586. The Morgan fingerprint density at radius 3 is 2.20 bits per heavy atom. The van der Waals surface area contributed by atoms with Gasteiger partial charge in [0.25, 0.3) is 0 Å². The molecule has 0 bridgehead atoms. The SMILES string of the molecule is CC.CCC(=O)C1CCC(NC(=O)CCCC(=O)NCCOC)CC1.[HH].[HH]. The molecule has 2 N–H and O–H groups in total. The third-order valence-corrected chi connectivity index (χ3v) is 4.33. The molecule has 0 saturated heterocycles. The first-order chi connectivity index (χ1) is 12.1. The van der Waals surface area contributed by atoms with E-state index < -0.39 is 0 Å². The Balaban J connectivity index is -0.00000139. The molecule has 150 valence electrons. The fraction of sp³-hybridized carbons (Fsp3) is 0.842. The van der Waals surface area contributed by atoms with Crippen molar-refractivity contribution in [1.82, 2.24) is 10.6 Å². The summed E-state index contributed by atoms with van der Waals surface area (Å²) in [6, 6.07) is 0.180. The lowest BCUT2D eigenvalue weighted by Crippen LogP contribution is -2.38. The van der Waals surface area contributed by atoms with Crippen LogP contribution in [0, 0.1) is 5.92 Å². The van der Waals surface area contributed by atoms with Crippen LogP contribution in [0.2, 0.25) is 0 Å². The second-order valence-electron chi connectivity index (χ2n) is 6.13. The maximum absolute atomic E-state index is 11.9. The highest BCUT2D eigenvalue weighted by Crippen LogP contribution is 2.25. The third-order valence-electron chi connectivity index (χ3n) is 4.33. The molecular weight excluding hydrogens is 320 g/mol. The van der Waals surface area contributed by atoms with E-state index in [1.165, 1.54) is 0 Å². The summed E-state index contributed by atoms with van der Waals surface area (Å²) in [6.45, 7) is 6.90. The highest BCUT2D eigenvalue weighted by molar-refractivity contribution is 5.81. The molecule has 1 aliphatic carbocycles. The van der Waals surface area contributed by atoms with E-state index in [0.29, 0.717) is 44.6 Å². The van der Waals surface area contributed by atoms with Crippen LogP contribution in [-0.2, 0) is 19.1 Å². The Hall–Kier alpha value is -1.43. The lowest BCUT2D eigenvalue weighted by Gasteiger charge is -2.28. The van der Waals surface area contributed by atoms with Gasteiger partial charge in [-0.25, -0.2) is 0 Å². The van der Waals surface area contributed by atoms with Gasteiger partial charge in [-0.2, -0.15) is 0 Å². The van der Waals surface area contributed by atoms with Crippen LogP contribution in [0.3, 0.4) is 0 Å². The average Bonchev–Trinajstić information content (AvgIpc) is 2.63. The van der Waals surface area contributed by atoms with Crippen LogP contribution < -0.4 is 10.6 Å². The number of hydrogen-bond donors (Lipinski definition) is 2. The highest BCUT2D eigenvalue weighted by atomic mass is 16.5. The molecule has 25 heavy (non-hydrogen) atoms. The van der Waals surface area contributed by atoms with Gasteiger partial charge in [0.15, 0.2) is 0 Å². The first-order valence-electron chi connectivity index (χ1n) is 9.64. The normalized spacial score (nSPS) is 19.4. The van der Waals surface area contributed by atoms with Crippen LogP contribution in [0.4, 0.5) is 0 Å². The average molecular weight is 361 g/mol. The summed E-state index contributed by atoms with van der Waals surface area (Å²) in [5.41, 5.74) is 0. The molecule has 1 saturated carbocycles. The maximum atomic E-state index is 11.9. The molecule has 1 aliphatic rings. The zero-order valence-corrected chi connectivity index (χ0v) is 16.4. The van der Waals surface area contributed by atoms with Crippen molar-refractivity contribution >= 4 is 17.6 Å². The predicted molar refractivity (Wildman–Crippen MR) is 103 cm³/mol. The number of methoxy groups -OCH3 is 1. The first-order valence-corrected chi connectivity index (χ1v) is 9.64. The van der Waals surface area contributed by atoms with E-state index in [2.05, 4.69) is 10.6 Å². The van der Waals surface area contributed by atoms with Gasteiger partial charge in [0.1, 0.15) is 5.78 Å². The van der Waals surface area contributed by atoms with E-state index in [-0.39, 0.29) is 26.6 Å². The van der Waals surface area contributed by atoms with Crippen LogP contribution in [0.15, 0.2) is 0 Å². The molecule has 1 rings (SSSR count). The number of nitrogens with one attached hydrogen (secondary N) is 2. The van der Waals surface area contributed by atoms with Crippen molar-refractivity contribution in [2.75, 3.05) is 20.3 Å². The molecule has 1 fully saturated rings. The number of hydrogen-bond acceptors (Lipinski definition) is 4. The van der Waals surface area contributed by atoms with E-state index in [1.54, 1.807) is 7.11 Å². The molecule has 6 nitrogen and oxygen atoms in total. The molecule has 0 atom stereocenters. The van der Waals surface area contributed by atoms with Gasteiger partial charge in [0.05, 0.1) is 6.61 Å². The molecule has 0 aromatic rings. The topological polar surface area (TPSA) is 84.5 Å². The van der Waals surface area contributed by atoms with Crippen LogP contribution in [0.5, 0.6) is 0 Å². The van der Waals surface area contributed by atoms with Crippen molar-refractivity contribution < 1.29 is 22.0 Å². The number of amides is 2. The number of ketones is 1. The Kier molecular flexibility index (Phi) is 14.0. The fourth-order valence-corrected chi connectivity index (χ4v) is 2.94. The molecule has 0 aromatic carbocycles. The molecule has 0 spiro atoms. The van der Waals surface area contributed by atoms with Gasteiger partial charge < -0.3 is 15.4 Å². The van der Waals surface area contributed by atoms with Crippen molar-refractivity contribution in [2.24, 2.45) is 5.92 Å². The van der Waals surface area contributed by atoms with Gasteiger partial charge in [-0.15, -0.1) is 0 Å². The molecular formula is C19H40N2O4. The number of carbonyl (C=O) groups excluding carboxylic acids is 3. The Morgan fingerprint density at radius 2 is 1.64 bits per heavy atom. The van der Waals surface area contributed by atoms with Crippen LogP contribution in [0.25, 0.3) is 0 Å². The van der Waals surface area contributed by atoms with Gasteiger partial charge in [-0.05, 0) is 32.1 Å². The van der Waals surface area contributed by atoms with Gasteiger partial charge in [0.2, 0.25) is 11.8 Å². The van der Waals surface area contributed by atoms with Crippen molar-refractivity contribution in [2.45, 2.75) is 78.2 Å². The zero-order chi connectivity index (χ0) is 19.1.